The van der Waals surface area contributed by atoms with E-state index in [4.69, 9.17) is 4.74 Å². The highest BCUT2D eigenvalue weighted by molar-refractivity contribution is 7.92. The lowest BCUT2D eigenvalue weighted by atomic mass is 9.83. The molecule has 4 aliphatic rings. The second-order valence-corrected chi connectivity index (χ2v) is 20.9. The number of urea groups is 1. The molecule has 3 aliphatic carbocycles. The van der Waals surface area contributed by atoms with Crippen molar-refractivity contribution in [2.45, 2.75) is 142 Å². The van der Waals surface area contributed by atoms with Gasteiger partial charge in [-0.15, -0.1) is 6.58 Å². The number of rotatable bonds is 18. The van der Waals surface area contributed by atoms with Crippen LogP contribution in [-0.2, 0) is 33.8 Å². The van der Waals surface area contributed by atoms with Crippen molar-refractivity contribution in [3.8, 4) is 0 Å². The standard InChI is InChI=1S/C39H65N5O8S/c1-10-21-40-33(47)30(45)27(18-17-25-15-16-25)41-32(46)29-28-26(38(28,8)9)22-44(29)34(48)31(36(3,4)5)42-35(49)43-39(19-13-12-14-20-39)24-53(50,51)37(6,7)23-52-11-2/h10,25-29,31H,1,11-24H2,2-9H3,(H,40,47)(H,41,46)(H2,42,43,49)/t26-,27-,28-,29-,31+/m0/s1. The average Bonchev–Trinajstić information content (AvgIpc) is 3.94. The first-order valence-electron chi connectivity index (χ1n) is 19.5. The summed E-state index contributed by atoms with van der Waals surface area (Å²) in [6.45, 7) is 19.1. The topological polar surface area (TPSA) is 180 Å². The number of nitrogens with zero attached hydrogens (tertiary/aromatic N) is 1. The van der Waals surface area contributed by atoms with Gasteiger partial charge in [-0.25, -0.2) is 13.2 Å². The van der Waals surface area contributed by atoms with Crippen molar-refractivity contribution in [3.05, 3.63) is 12.7 Å². The molecule has 5 amide bonds. The molecule has 0 bridgehead atoms. The van der Waals surface area contributed by atoms with Gasteiger partial charge in [0.15, 0.2) is 9.84 Å². The first-order valence-corrected chi connectivity index (χ1v) is 21.2. The highest BCUT2D eigenvalue weighted by atomic mass is 32.2. The van der Waals surface area contributed by atoms with Crippen molar-refractivity contribution in [3.63, 3.8) is 0 Å². The number of ketones is 1. The third kappa shape index (κ3) is 10.0. The summed E-state index contributed by atoms with van der Waals surface area (Å²) in [7, 11) is -3.72. The molecule has 0 aromatic rings. The first-order chi connectivity index (χ1) is 24.6. The number of amides is 5. The molecule has 5 atom stereocenters. The minimum Gasteiger partial charge on any atom is -0.380 e. The third-order valence-electron chi connectivity index (χ3n) is 12.1. The van der Waals surface area contributed by atoms with Gasteiger partial charge in [-0.3, -0.25) is 19.2 Å². The van der Waals surface area contributed by atoms with Crippen LogP contribution in [0.15, 0.2) is 12.7 Å². The predicted octanol–water partition coefficient (Wildman–Crippen LogP) is 3.66. The van der Waals surface area contributed by atoms with Crippen LogP contribution in [0, 0.1) is 28.6 Å². The zero-order valence-corrected chi connectivity index (χ0v) is 34.1. The summed E-state index contributed by atoms with van der Waals surface area (Å²) in [5.74, 6) is -2.33. The van der Waals surface area contributed by atoms with E-state index in [9.17, 15) is 32.4 Å². The molecule has 300 valence electrons. The summed E-state index contributed by atoms with van der Waals surface area (Å²) < 4.78 is 31.8. The highest BCUT2D eigenvalue weighted by Crippen LogP contribution is 2.65. The van der Waals surface area contributed by atoms with Crippen molar-refractivity contribution in [1.29, 1.82) is 0 Å². The van der Waals surface area contributed by atoms with Crippen molar-refractivity contribution >= 4 is 39.4 Å². The maximum absolute atomic E-state index is 14.6. The van der Waals surface area contributed by atoms with E-state index in [0.29, 0.717) is 44.8 Å². The lowest BCUT2D eigenvalue weighted by Crippen LogP contribution is -2.64. The Balaban J connectivity index is 1.54. The molecule has 1 saturated heterocycles. The molecule has 4 rings (SSSR count). The Morgan fingerprint density at radius 2 is 1.64 bits per heavy atom. The van der Waals surface area contributed by atoms with Crippen LogP contribution in [0.2, 0.25) is 0 Å². The summed E-state index contributed by atoms with van der Waals surface area (Å²) in [4.78, 5) is 70.2. The molecule has 0 aromatic heterocycles. The molecule has 3 saturated carbocycles. The Kier molecular flexibility index (Phi) is 13.2. The smallest absolute Gasteiger partial charge is 0.315 e. The normalized spacial score (nSPS) is 24.6. The van der Waals surface area contributed by atoms with E-state index < -0.39 is 73.2 Å². The van der Waals surface area contributed by atoms with Gasteiger partial charge in [-0.2, -0.15) is 0 Å². The van der Waals surface area contributed by atoms with Gasteiger partial charge >= 0.3 is 6.03 Å². The molecule has 14 heteroatoms. The molecule has 1 aliphatic heterocycles. The van der Waals surface area contributed by atoms with Crippen molar-refractivity contribution in [2.75, 3.05) is 32.1 Å². The van der Waals surface area contributed by atoms with E-state index in [0.717, 1.165) is 32.1 Å². The molecule has 0 radical (unpaired) electrons. The minimum atomic E-state index is -3.72. The number of sulfone groups is 1. The van der Waals surface area contributed by atoms with Crippen LogP contribution in [0.25, 0.3) is 0 Å². The number of carbonyl (C=O) groups is 5. The predicted molar refractivity (Wildman–Crippen MR) is 203 cm³/mol. The Hall–Kier alpha value is -3.00. The molecule has 4 fully saturated rings. The number of hydrogen-bond donors (Lipinski definition) is 4. The van der Waals surface area contributed by atoms with Crippen LogP contribution in [0.3, 0.4) is 0 Å². The van der Waals surface area contributed by atoms with Crippen LogP contribution < -0.4 is 21.3 Å². The fourth-order valence-electron chi connectivity index (χ4n) is 8.31. The SMILES string of the molecule is C=CCNC(=O)C(=O)[C@H](CCC1CC1)NC(=O)[C@@H]1[C@@H]2[C@H](CN1C(=O)[C@@H](NC(=O)NC1(CS(=O)(=O)C(C)(C)COCC)CCCCC1)C(C)(C)C)C2(C)C. The molecule has 53 heavy (non-hydrogen) atoms. The number of carbonyl (C=O) groups excluding carboxylic acids is 5. The maximum atomic E-state index is 14.6. The van der Waals surface area contributed by atoms with E-state index in [-0.39, 0.29) is 36.2 Å². The third-order valence-corrected chi connectivity index (χ3v) is 14.9. The largest absolute Gasteiger partial charge is 0.380 e. The van der Waals surface area contributed by atoms with Crippen molar-refractivity contribution in [2.24, 2.45) is 28.6 Å². The Morgan fingerprint density at radius 1 is 1.00 bits per heavy atom. The number of fused-ring (bicyclic) bond motifs is 1. The minimum absolute atomic E-state index is 0.0377. The second-order valence-electron chi connectivity index (χ2n) is 18.2. The molecule has 0 spiro atoms. The fourth-order valence-corrected chi connectivity index (χ4v) is 10.1. The number of hydrogen-bond acceptors (Lipinski definition) is 8. The molecule has 4 N–H and O–H groups in total. The lowest BCUT2D eigenvalue weighted by molar-refractivity contribution is -0.145. The average molecular weight is 764 g/mol. The van der Waals surface area contributed by atoms with Gasteiger partial charge < -0.3 is 30.9 Å². The molecular formula is C39H65N5O8S. The number of ether oxygens (including phenoxy) is 1. The van der Waals surface area contributed by atoms with E-state index >= 15 is 0 Å². The van der Waals surface area contributed by atoms with E-state index in [1.165, 1.54) is 11.0 Å². The van der Waals surface area contributed by atoms with Crippen LogP contribution in [0.4, 0.5) is 4.79 Å². The van der Waals surface area contributed by atoms with Gasteiger partial charge in [0.25, 0.3) is 5.91 Å². The van der Waals surface area contributed by atoms with Gasteiger partial charge in [0.05, 0.1) is 28.7 Å². The zero-order chi connectivity index (χ0) is 39.6. The summed E-state index contributed by atoms with van der Waals surface area (Å²) in [6, 6.07) is -3.62. The summed E-state index contributed by atoms with van der Waals surface area (Å²) in [5.41, 5.74) is -2.02. The Bertz CT molecular complexity index is 1510. The highest BCUT2D eigenvalue weighted by Gasteiger charge is 2.70. The van der Waals surface area contributed by atoms with Crippen LogP contribution >= 0.6 is 0 Å². The van der Waals surface area contributed by atoms with Crippen molar-refractivity contribution < 1.29 is 37.1 Å². The van der Waals surface area contributed by atoms with Gasteiger partial charge in [0.1, 0.15) is 12.1 Å². The second kappa shape index (κ2) is 16.4. The van der Waals surface area contributed by atoms with E-state index in [2.05, 4.69) is 41.7 Å². The lowest BCUT2D eigenvalue weighted by Gasteiger charge is -2.41. The monoisotopic (exact) mass is 763 g/mol. The number of likely N-dealkylation sites (tertiary alicyclic amines) is 1. The Morgan fingerprint density at radius 3 is 2.21 bits per heavy atom. The van der Waals surface area contributed by atoms with E-state index in [1.54, 1.807) is 13.8 Å². The van der Waals surface area contributed by atoms with E-state index in [1.807, 2.05) is 27.7 Å². The first kappa shape index (κ1) is 42.7. The van der Waals surface area contributed by atoms with Gasteiger partial charge in [-0.1, -0.05) is 72.8 Å². The fraction of sp³-hybridized carbons (Fsp3) is 0.821. The Labute approximate surface area is 316 Å². The number of nitrogens with one attached hydrogen (secondary N) is 4. The van der Waals surface area contributed by atoms with Gasteiger partial charge in [0, 0.05) is 19.7 Å². The summed E-state index contributed by atoms with van der Waals surface area (Å²) in [6.07, 6.45) is 8.02. The summed E-state index contributed by atoms with van der Waals surface area (Å²) in [5, 5.41) is 11.3. The molecule has 13 nitrogen and oxygen atoms in total. The van der Waals surface area contributed by atoms with Crippen LogP contribution in [0.1, 0.15) is 113 Å². The molecular weight excluding hydrogens is 699 g/mol. The van der Waals surface area contributed by atoms with Gasteiger partial charge in [-0.05, 0) is 75.0 Å². The molecule has 0 unspecified atom stereocenters. The van der Waals surface area contributed by atoms with Crippen molar-refractivity contribution in [1.82, 2.24) is 26.2 Å². The molecule has 1 heterocycles. The number of piperidine rings is 1. The zero-order valence-electron chi connectivity index (χ0n) is 33.3. The maximum Gasteiger partial charge on any atom is 0.315 e. The quantitative estimate of drug-likeness (QED) is 0.121. The number of Topliss-reactive ketones (excluding diaryl/α,β-unsaturated/α-hetero) is 1. The van der Waals surface area contributed by atoms with Crippen LogP contribution in [0.5, 0.6) is 0 Å². The summed E-state index contributed by atoms with van der Waals surface area (Å²) >= 11 is 0. The molecule has 0 aromatic carbocycles. The van der Waals surface area contributed by atoms with Crippen LogP contribution in [-0.4, -0.2) is 103 Å². The van der Waals surface area contributed by atoms with Gasteiger partial charge in [0.2, 0.25) is 17.6 Å².